The first-order valence-electron chi connectivity index (χ1n) is 15.4. The summed E-state index contributed by atoms with van der Waals surface area (Å²) in [5.41, 5.74) is 0.751. The zero-order valence-electron chi connectivity index (χ0n) is 27.0. The van der Waals surface area contributed by atoms with Crippen LogP contribution in [0.25, 0.3) is 0 Å². The number of aliphatic carboxylic acids is 4. The Hall–Kier alpha value is -4.95. The van der Waals surface area contributed by atoms with Crippen LogP contribution in [0.4, 0.5) is 4.79 Å². The van der Waals surface area contributed by atoms with Crippen molar-refractivity contribution in [1.82, 2.24) is 26.6 Å². The first-order valence-corrected chi connectivity index (χ1v) is 16.0. The summed E-state index contributed by atoms with van der Waals surface area (Å²) in [4.78, 5) is 94.0. The quantitative estimate of drug-likeness (QED) is 0.0388. The highest BCUT2D eigenvalue weighted by Gasteiger charge is 2.27. The Labute approximate surface area is 292 Å². The van der Waals surface area contributed by atoms with Crippen LogP contribution in [0.15, 0.2) is 30.3 Å². The SMILES string of the molecule is O=C(O)CC[C@H](NC(=O)N[C@@H](CCC(=O)NCCOCCOCCC(=O)N[C@@H](Cc1ccccc1)C(=O)N[C@@H](CS)C(=O)O)C(=O)O)C(=O)O. The monoisotopic (exact) mass is 729 g/mol. The summed E-state index contributed by atoms with van der Waals surface area (Å²) < 4.78 is 10.7. The molecule has 50 heavy (non-hydrogen) atoms. The summed E-state index contributed by atoms with van der Waals surface area (Å²) in [6.07, 6.45) is -1.54. The van der Waals surface area contributed by atoms with Gasteiger partial charge in [-0.05, 0) is 18.4 Å². The van der Waals surface area contributed by atoms with Crippen LogP contribution < -0.4 is 26.6 Å². The second-order valence-corrected chi connectivity index (χ2v) is 11.0. The van der Waals surface area contributed by atoms with Gasteiger partial charge in [-0.1, -0.05) is 30.3 Å². The maximum Gasteiger partial charge on any atom is 0.327 e. The Kier molecular flexibility index (Phi) is 20.9. The Bertz CT molecular complexity index is 1300. The number of benzene rings is 1. The minimum Gasteiger partial charge on any atom is -0.481 e. The number of carboxylic acid groups (broad SMARTS) is 4. The minimum absolute atomic E-state index is 0.00387. The lowest BCUT2D eigenvalue weighted by atomic mass is 10.0. The van der Waals surface area contributed by atoms with Gasteiger partial charge in [-0.25, -0.2) is 19.2 Å². The van der Waals surface area contributed by atoms with Gasteiger partial charge in [0.25, 0.3) is 0 Å². The fourth-order valence-corrected chi connectivity index (χ4v) is 4.28. The average molecular weight is 730 g/mol. The van der Waals surface area contributed by atoms with Gasteiger partial charge in [0.15, 0.2) is 0 Å². The largest absolute Gasteiger partial charge is 0.481 e. The number of carbonyl (C=O) groups is 8. The normalized spacial score (nSPS) is 13.1. The lowest BCUT2D eigenvalue weighted by Gasteiger charge is -2.21. The van der Waals surface area contributed by atoms with Crippen molar-refractivity contribution >= 4 is 60.3 Å². The molecule has 0 bridgehead atoms. The van der Waals surface area contributed by atoms with Crippen molar-refractivity contribution in [1.29, 1.82) is 0 Å². The van der Waals surface area contributed by atoms with Gasteiger partial charge < -0.3 is 56.5 Å². The lowest BCUT2D eigenvalue weighted by molar-refractivity contribution is -0.142. The highest BCUT2D eigenvalue weighted by molar-refractivity contribution is 7.80. The molecule has 1 aromatic carbocycles. The van der Waals surface area contributed by atoms with E-state index in [0.717, 1.165) is 5.56 Å². The molecule has 0 radical (unpaired) electrons. The Morgan fingerprint density at radius 3 is 1.72 bits per heavy atom. The van der Waals surface area contributed by atoms with Gasteiger partial charge >= 0.3 is 29.9 Å². The summed E-state index contributed by atoms with van der Waals surface area (Å²) in [6.45, 7) is 0.352. The van der Waals surface area contributed by atoms with Gasteiger partial charge in [0, 0.05) is 38.0 Å². The van der Waals surface area contributed by atoms with Crippen LogP contribution in [0.3, 0.4) is 0 Å². The molecule has 19 nitrogen and oxygen atoms in total. The van der Waals surface area contributed by atoms with Crippen molar-refractivity contribution in [3.63, 3.8) is 0 Å². The average Bonchev–Trinajstić information content (AvgIpc) is 3.06. The van der Waals surface area contributed by atoms with E-state index >= 15 is 0 Å². The van der Waals surface area contributed by atoms with Crippen molar-refractivity contribution in [2.24, 2.45) is 0 Å². The zero-order valence-corrected chi connectivity index (χ0v) is 27.9. The van der Waals surface area contributed by atoms with Crippen LogP contribution in [0.2, 0.25) is 0 Å². The van der Waals surface area contributed by atoms with Crippen LogP contribution in [0.1, 0.15) is 37.7 Å². The summed E-state index contributed by atoms with van der Waals surface area (Å²) in [6, 6.07) is 2.35. The molecule has 0 fully saturated rings. The Balaban J connectivity index is 2.32. The van der Waals surface area contributed by atoms with Crippen LogP contribution in [0.5, 0.6) is 0 Å². The van der Waals surface area contributed by atoms with Gasteiger partial charge in [0.05, 0.1) is 26.4 Å². The van der Waals surface area contributed by atoms with E-state index in [1.165, 1.54) is 0 Å². The summed E-state index contributed by atoms with van der Waals surface area (Å²) in [5, 5.41) is 47.8. The van der Waals surface area contributed by atoms with E-state index < -0.39 is 84.6 Å². The van der Waals surface area contributed by atoms with E-state index in [-0.39, 0.29) is 64.4 Å². The van der Waals surface area contributed by atoms with Crippen LogP contribution >= 0.6 is 12.6 Å². The first-order chi connectivity index (χ1) is 23.7. The van der Waals surface area contributed by atoms with E-state index in [0.29, 0.717) is 0 Å². The number of carbonyl (C=O) groups excluding carboxylic acids is 4. The molecule has 0 unspecified atom stereocenters. The molecule has 278 valence electrons. The molecule has 0 aliphatic carbocycles. The number of urea groups is 1. The standard InChI is InChI=1S/C30H43N5O14S/c36-23(8-6-19(27(41)42)34-30(47)35-20(28(43)44)7-9-25(38)39)31-11-13-49-15-14-48-12-10-24(37)32-21(16-18-4-2-1-3-5-18)26(40)33-22(17-50)29(45)46/h1-5,19-22,50H,6-17H2,(H,31,36)(H,32,37)(H,33,40)(H,38,39)(H,41,42)(H,43,44)(H,45,46)(H2,34,35,47)/t19-,20-,21-,22-/m0/s1. The van der Waals surface area contributed by atoms with Gasteiger partial charge in [-0.15, -0.1) is 0 Å². The van der Waals surface area contributed by atoms with Crippen molar-refractivity contribution in [3.8, 4) is 0 Å². The number of carboxylic acids is 4. The topological polar surface area (TPSA) is 296 Å². The molecule has 0 saturated carbocycles. The molecule has 1 aromatic rings. The predicted molar refractivity (Wildman–Crippen MR) is 175 cm³/mol. The third-order valence-corrected chi connectivity index (χ3v) is 7.02. The Morgan fingerprint density at radius 2 is 1.18 bits per heavy atom. The predicted octanol–water partition coefficient (Wildman–Crippen LogP) is -1.40. The molecule has 9 N–H and O–H groups in total. The number of amides is 5. The highest BCUT2D eigenvalue weighted by Crippen LogP contribution is 2.05. The number of rotatable bonds is 26. The van der Waals surface area contributed by atoms with Gasteiger partial charge in [0.1, 0.15) is 24.2 Å². The second kappa shape index (κ2) is 24.2. The molecule has 0 aliphatic heterocycles. The summed E-state index contributed by atoms with van der Waals surface area (Å²) in [5.74, 6) is -7.36. The molecule has 4 atom stereocenters. The molecule has 0 heterocycles. The number of hydrogen-bond donors (Lipinski definition) is 10. The molecule has 1 rings (SSSR count). The van der Waals surface area contributed by atoms with E-state index in [2.05, 4.69) is 28.6 Å². The van der Waals surface area contributed by atoms with E-state index in [1.807, 2.05) is 10.6 Å². The minimum atomic E-state index is -1.56. The lowest BCUT2D eigenvalue weighted by Crippen LogP contribution is -2.53. The third kappa shape index (κ3) is 19.1. The number of thiol groups is 1. The molecule has 0 aliphatic rings. The number of hydrogen-bond acceptors (Lipinski definition) is 11. The van der Waals surface area contributed by atoms with Crippen LogP contribution in [-0.2, 0) is 49.5 Å². The third-order valence-electron chi connectivity index (χ3n) is 6.66. The van der Waals surface area contributed by atoms with E-state index in [1.54, 1.807) is 30.3 Å². The first kappa shape index (κ1) is 43.1. The van der Waals surface area contributed by atoms with E-state index in [4.69, 9.17) is 19.7 Å². The molecule has 5 amide bonds. The van der Waals surface area contributed by atoms with Crippen LogP contribution in [0, 0.1) is 0 Å². The number of ether oxygens (including phenoxy) is 2. The highest BCUT2D eigenvalue weighted by atomic mass is 32.1. The van der Waals surface area contributed by atoms with Gasteiger partial charge in [-0.2, -0.15) is 12.6 Å². The Morgan fingerprint density at radius 1 is 0.620 bits per heavy atom. The molecule has 0 spiro atoms. The molecule has 20 heteroatoms. The van der Waals surface area contributed by atoms with Gasteiger partial charge in [0.2, 0.25) is 17.7 Å². The van der Waals surface area contributed by atoms with E-state index in [9.17, 15) is 48.6 Å². The number of nitrogens with one attached hydrogen (secondary N) is 5. The molecular formula is C30H43N5O14S. The van der Waals surface area contributed by atoms with Gasteiger partial charge in [-0.3, -0.25) is 19.2 Å². The maximum atomic E-state index is 12.7. The van der Waals surface area contributed by atoms with Crippen molar-refractivity contribution < 1.29 is 68.3 Å². The van der Waals surface area contributed by atoms with Crippen molar-refractivity contribution in [3.05, 3.63) is 35.9 Å². The second-order valence-electron chi connectivity index (χ2n) is 10.6. The maximum absolute atomic E-state index is 12.7. The fourth-order valence-electron chi connectivity index (χ4n) is 4.04. The molecule has 0 aromatic heterocycles. The summed E-state index contributed by atoms with van der Waals surface area (Å²) >= 11 is 3.94. The smallest absolute Gasteiger partial charge is 0.327 e. The fraction of sp³-hybridized carbons (Fsp3) is 0.533. The van der Waals surface area contributed by atoms with Crippen molar-refractivity contribution in [2.75, 3.05) is 38.7 Å². The molecule has 0 saturated heterocycles. The van der Waals surface area contributed by atoms with Crippen LogP contribution in [-0.4, -0.2) is 131 Å². The zero-order chi connectivity index (χ0) is 37.5. The summed E-state index contributed by atoms with van der Waals surface area (Å²) in [7, 11) is 0. The van der Waals surface area contributed by atoms with Crippen molar-refractivity contribution in [2.45, 2.75) is 62.7 Å². The molecular weight excluding hydrogens is 686 g/mol.